The largest absolute Gasteiger partial charge is 0.369 e. The average Bonchev–Trinajstić information content (AvgIpc) is 2.66. The number of aromatic amines is 1. The summed E-state index contributed by atoms with van der Waals surface area (Å²) < 4.78 is 0. The number of amides is 1. The molecule has 1 saturated heterocycles. The topological polar surface area (TPSA) is 109 Å². The van der Waals surface area contributed by atoms with E-state index in [-0.39, 0.29) is 28.7 Å². The van der Waals surface area contributed by atoms with Crippen LogP contribution in [0.2, 0.25) is 0 Å². The molecule has 7 nitrogen and oxygen atoms in total. The molecule has 1 fully saturated rings. The molecule has 102 valence electrons. The first-order valence-corrected chi connectivity index (χ1v) is 6.75. The van der Waals surface area contributed by atoms with Crippen LogP contribution < -0.4 is 16.2 Å². The molecule has 8 heteroatoms. The summed E-state index contributed by atoms with van der Waals surface area (Å²) in [5.41, 5.74) is 5.06. The van der Waals surface area contributed by atoms with E-state index in [1.165, 1.54) is 29.7 Å². The van der Waals surface area contributed by atoms with Crippen molar-refractivity contribution in [1.82, 2.24) is 9.97 Å². The summed E-state index contributed by atoms with van der Waals surface area (Å²) >= 11 is 1.20. The van der Waals surface area contributed by atoms with Gasteiger partial charge >= 0.3 is 0 Å². The van der Waals surface area contributed by atoms with E-state index in [1.807, 2.05) is 0 Å². The fourth-order valence-corrected chi connectivity index (χ4v) is 2.64. The summed E-state index contributed by atoms with van der Waals surface area (Å²) in [6.07, 6.45) is 0.356. The fraction of sp³-hybridized carbons (Fsp3) is 0.455. The minimum Gasteiger partial charge on any atom is -0.369 e. The van der Waals surface area contributed by atoms with Crippen LogP contribution in [0.25, 0.3) is 0 Å². The number of aromatic nitrogens is 2. The number of carbonyl (C=O) groups excluding carboxylic acids is 2. The van der Waals surface area contributed by atoms with Crippen LogP contribution in [0.4, 0.5) is 11.8 Å². The molecule has 1 unspecified atom stereocenters. The number of rotatable bonds is 3. The number of thioether (sulfide) groups is 1. The van der Waals surface area contributed by atoms with E-state index in [4.69, 9.17) is 5.73 Å². The number of hydrogen-bond donors (Lipinski definition) is 2. The monoisotopic (exact) mass is 282 g/mol. The third-order valence-electron chi connectivity index (χ3n) is 2.75. The second kappa shape index (κ2) is 5.43. The number of H-pyrrole nitrogens is 1. The van der Waals surface area contributed by atoms with Crippen molar-refractivity contribution >= 4 is 34.6 Å². The van der Waals surface area contributed by atoms with Crippen LogP contribution in [0.3, 0.4) is 0 Å². The normalized spacial score (nSPS) is 18.9. The molecule has 0 radical (unpaired) electrons. The van der Waals surface area contributed by atoms with Crippen LogP contribution >= 0.6 is 11.8 Å². The highest BCUT2D eigenvalue weighted by molar-refractivity contribution is 8.13. The van der Waals surface area contributed by atoms with E-state index in [1.54, 1.807) is 0 Å². The van der Waals surface area contributed by atoms with Gasteiger partial charge in [-0.05, 0) is 5.92 Å². The van der Waals surface area contributed by atoms with Gasteiger partial charge in [-0.2, -0.15) is 4.98 Å². The van der Waals surface area contributed by atoms with E-state index in [9.17, 15) is 14.4 Å². The molecule has 1 amide bonds. The predicted molar refractivity (Wildman–Crippen MR) is 72.9 cm³/mol. The fourth-order valence-electron chi connectivity index (χ4n) is 1.95. The van der Waals surface area contributed by atoms with Gasteiger partial charge in [-0.1, -0.05) is 11.8 Å². The maximum absolute atomic E-state index is 11.9. The minimum atomic E-state index is -0.392. The molecule has 0 aliphatic carbocycles. The number of nitrogen functional groups attached to an aromatic ring is 1. The quantitative estimate of drug-likeness (QED) is 0.806. The summed E-state index contributed by atoms with van der Waals surface area (Å²) in [5.74, 6) is 0.824. The zero-order valence-electron chi connectivity index (χ0n) is 10.4. The Labute approximate surface area is 113 Å². The van der Waals surface area contributed by atoms with Crippen molar-refractivity contribution in [3.63, 3.8) is 0 Å². The standard InChI is InChI=1S/C11H14N4O3S/c1-6(16)19-5-7-2-10(18)15(4-7)8-3-9(17)14-11(12)13-8/h3,7H,2,4-5H2,1H3,(H3,12,13,14,17). The average molecular weight is 282 g/mol. The van der Waals surface area contributed by atoms with Gasteiger partial charge in [0.1, 0.15) is 5.82 Å². The Balaban J connectivity index is 2.11. The summed E-state index contributed by atoms with van der Waals surface area (Å²) in [7, 11) is 0. The lowest BCUT2D eigenvalue weighted by atomic mass is 10.1. The Bertz CT molecular complexity index is 571. The van der Waals surface area contributed by atoms with Crippen LogP contribution in [-0.4, -0.2) is 33.3 Å². The lowest BCUT2D eigenvalue weighted by molar-refractivity contribution is -0.117. The lowest BCUT2D eigenvalue weighted by Gasteiger charge is -2.15. The number of anilines is 2. The van der Waals surface area contributed by atoms with Crippen LogP contribution in [0, 0.1) is 5.92 Å². The smallest absolute Gasteiger partial charge is 0.254 e. The maximum Gasteiger partial charge on any atom is 0.254 e. The Hall–Kier alpha value is -1.83. The van der Waals surface area contributed by atoms with Crippen molar-refractivity contribution in [3.8, 4) is 0 Å². The summed E-state index contributed by atoms with van der Waals surface area (Å²) in [5, 5.41) is 0.0319. The van der Waals surface area contributed by atoms with Gasteiger partial charge in [-0.25, -0.2) is 0 Å². The Kier molecular flexibility index (Phi) is 3.89. The molecular weight excluding hydrogens is 268 g/mol. The Morgan fingerprint density at radius 1 is 1.63 bits per heavy atom. The van der Waals surface area contributed by atoms with E-state index >= 15 is 0 Å². The van der Waals surface area contributed by atoms with Gasteiger partial charge < -0.3 is 5.73 Å². The molecule has 1 aliphatic heterocycles. The van der Waals surface area contributed by atoms with Crippen molar-refractivity contribution in [2.45, 2.75) is 13.3 Å². The maximum atomic E-state index is 11.9. The molecule has 2 heterocycles. The summed E-state index contributed by atoms with van der Waals surface area (Å²) in [6, 6.07) is 1.24. The molecule has 1 aromatic rings. The van der Waals surface area contributed by atoms with E-state index in [0.717, 1.165) is 0 Å². The number of hydrogen-bond acceptors (Lipinski definition) is 6. The molecule has 0 saturated carbocycles. The highest BCUT2D eigenvalue weighted by atomic mass is 32.2. The summed E-state index contributed by atoms with van der Waals surface area (Å²) in [4.78, 5) is 41.8. The number of nitrogens with zero attached hydrogens (tertiary/aromatic N) is 2. The zero-order chi connectivity index (χ0) is 14.0. The van der Waals surface area contributed by atoms with Gasteiger partial charge in [0.25, 0.3) is 5.56 Å². The molecular formula is C11H14N4O3S. The Morgan fingerprint density at radius 2 is 2.37 bits per heavy atom. The molecule has 19 heavy (non-hydrogen) atoms. The van der Waals surface area contributed by atoms with Crippen LogP contribution in [0.1, 0.15) is 13.3 Å². The van der Waals surface area contributed by atoms with Crippen LogP contribution in [0.15, 0.2) is 10.9 Å². The Morgan fingerprint density at radius 3 is 3.00 bits per heavy atom. The van der Waals surface area contributed by atoms with Crippen LogP contribution in [-0.2, 0) is 9.59 Å². The van der Waals surface area contributed by atoms with Gasteiger partial charge in [-0.15, -0.1) is 0 Å². The molecule has 2 rings (SSSR count). The molecule has 0 bridgehead atoms. The van der Waals surface area contributed by atoms with Gasteiger partial charge in [0.15, 0.2) is 5.12 Å². The highest BCUT2D eigenvalue weighted by Crippen LogP contribution is 2.25. The van der Waals surface area contributed by atoms with E-state index in [0.29, 0.717) is 18.7 Å². The minimum absolute atomic E-state index is 0.0168. The van der Waals surface area contributed by atoms with Gasteiger partial charge in [0, 0.05) is 31.7 Å². The second-order valence-electron chi connectivity index (χ2n) is 4.37. The molecule has 1 atom stereocenters. The van der Waals surface area contributed by atoms with E-state index < -0.39 is 5.56 Å². The lowest BCUT2D eigenvalue weighted by Crippen LogP contribution is -2.28. The number of nitrogens with two attached hydrogens (primary N) is 1. The van der Waals surface area contributed by atoms with Gasteiger partial charge in [0.05, 0.1) is 0 Å². The molecule has 3 N–H and O–H groups in total. The van der Waals surface area contributed by atoms with Crippen molar-refractivity contribution in [3.05, 3.63) is 16.4 Å². The third-order valence-corrected chi connectivity index (χ3v) is 3.80. The highest BCUT2D eigenvalue weighted by Gasteiger charge is 2.31. The predicted octanol–water partition coefficient (Wildman–Crippen LogP) is -0.0153. The first-order chi connectivity index (χ1) is 8.95. The number of carbonyl (C=O) groups is 2. The van der Waals surface area contributed by atoms with Gasteiger partial charge in [-0.3, -0.25) is 24.3 Å². The first-order valence-electron chi connectivity index (χ1n) is 5.76. The van der Waals surface area contributed by atoms with Crippen LogP contribution in [0.5, 0.6) is 0 Å². The third kappa shape index (κ3) is 3.34. The molecule has 0 aromatic carbocycles. The van der Waals surface area contributed by atoms with Crippen molar-refractivity contribution < 1.29 is 9.59 Å². The SMILES string of the molecule is CC(=O)SCC1CC(=O)N(c2cc(=O)[nH]c(N)n2)C1. The number of nitrogens with one attached hydrogen (secondary N) is 1. The van der Waals surface area contributed by atoms with Crippen molar-refractivity contribution in [1.29, 1.82) is 0 Å². The first kappa shape index (κ1) is 13.6. The summed E-state index contributed by atoms with van der Waals surface area (Å²) in [6.45, 7) is 1.95. The van der Waals surface area contributed by atoms with Crippen molar-refractivity contribution in [2.24, 2.45) is 5.92 Å². The molecule has 0 spiro atoms. The zero-order valence-corrected chi connectivity index (χ0v) is 11.2. The molecule has 1 aliphatic rings. The molecule has 1 aromatic heterocycles. The second-order valence-corrected chi connectivity index (χ2v) is 5.56. The van der Waals surface area contributed by atoms with Crippen molar-refractivity contribution in [2.75, 3.05) is 22.9 Å². The van der Waals surface area contributed by atoms with Gasteiger partial charge in [0.2, 0.25) is 11.9 Å². The van der Waals surface area contributed by atoms with E-state index in [2.05, 4.69) is 9.97 Å².